The molecule has 2 amide bonds. The molecule has 3 aromatic carbocycles. The lowest BCUT2D eigenvalue weighted by atomic mass is 9.80. The van der Waals surface area contributed by atoms with Crippen LogP contribution in [0, 0.1) is 0 Å². The smallest absolute Gasteiger partial charge is 0.246 e. The van der Waals surface area contributed by atoms with Crippen molar-refractivity contribution in [3.63, 3.8) is 0 Å². The number of para-hydroxylation sites is 2. The highest BCUT2D eigenvalue weighted by Gasteiger charge is 2.53. The molecule has 4 heterocycles. The molecule has 2 saturated heterocycles. The van der Waals surface area contributed by atoms with Crippen LogP contribution >= 0.6 is 0 Å². The molecular formula is C34H35N5O2. The van der Waals surface area contributed by atoms with Crippen LogP contribution in [-0.4, -0.2) is 62.8 Å². The molecule has 2 aliphatic rings. The first-order chi connectivity index (χ1) is 20.1. The summed E-state index contributed by atoms with van der Waals surface area (Å²) < 4.78 is 0. The maximum absolute atomic E-state index is 14.3. The highest BCUT2D eigenvalue weighted by Crippen LogP contribution is 2.35. The Hall–Kier alpha value is -4.36. The topological polar surface area (TPSA) is 84.2 Å². The van der Waals surface area contributed by atoms with Crippen LogP contribution in [0.5, 0.6) is 0 Å². The minimum absolute atomic E-state index is 0.0137. The van der Waals surface area contributed by atoms with Crippen molar-refractivity contribution >= 4 is 33.6 Å². The number of rotatable bonds is 7. The van der Waals surface area contributed by atoms with Gasteiger partial charge < -0.3 is 20.2 Å². The normalized spacial score (nSPS) is 19.3. The van der Waals surface area contributed by atoms with E-state index in [0.29, 0.717) is 32.2 Å². The summed E-state index contributed by atoms with van der Waals surface area (Å²) in [6.07, 6.45) is 6.42. The van der Waals surface area contributed by atoms with Gasteiger partial charge in [-0.1, -0.05) is 66.7 Å². The molecule has 7 nitrogen and oxygen atoms in total. The number of H-pyrrole nitrogens is 2. The van der Waals surface area contributed by atoms with E-state index >= 15 is 0 Å². The first-order valence-electron chi connectivity index (χ1n) is 14.6. The average Bonchev–Trinajstić information content (AvgIpc) is 3.62. The lowest BCUT2D eigenvalue weighted by Crippen LogP contribution is -2.73. The van der Waals surface area contributed by atoms with Crippen molar-refractivity contribution in [2.24, 2.45) is 0 Å². The summed E-state index contributed by atoms with van der Waals surface area (Å²) in [5.41, 5.74) is 4.78. The third kappa shape index (κ3) is 4.70. The SMILES string of the molecule is O=C1C(Cc2c[nH]c3ccccc23)NC(=O)C2(CCN(Cc3ccccc3)CC2)N1CCc1c[nH]c2ccccc12. The first kappa shape index (κ1) is 25.6. The zero-order valence-electron chi connectivity index (χ0n) is 23.1. The lowest BCUT2D eigenvalue weighted by molar-refractivity contribution is -0.161. The van der Waals surface area contributed by atoms with Crippen LogP contribution in [0.3, 0.4) is 0 Å². The lowest BCUT2D eigenvalue weighted by Gasteiger charge is -2.51. The Morgan fingerprint density at radius 3 is 2.07 bits per heavy atom. The third-order valence-corrected chi connectivity index (χ3v) is 9.12. The second kappa shape index (κ2) is 10.6. The van der Waals surface area contributed by atoms with E-state index in [1.54, 1.807) is 0 Å². The predicted molar refractivity (Wildman–Crippen MR) is 161 cm³/mol. The number of aromatic nitrogens is 2. The third-order valence-electron chi connectivity index (χ3n) is 9.12. The number of hydrogen-bond donors (Lipinski definition) is 3. The van der Waals surface area contributed by atoms with Crippen LogP contribution < -0.4 is 5.32 Å². The molecule has 2 aromatic heterocycles. The fourth-order valence-corrected chi connectivity index (χ4v) is 6.85. The fourth-order valence-electron chi connectivity index (χ4n) is 6.85. The Morgan fingerprint density at radius 2 is 1.37 bits per heavy atom. The number of fused-ring (bicyclic) bond motifs is 2. The highest BCUT2D eigenvalue weighted by atomic mass is 16.2. The second-order valence-corrected chi connectivity index (χ2v) is 11.5. The van der Waals surface area contributed by atoms with Gasteiger partial charge in [-0.15, -0.1) is 0 Å². The molecule has 1 spiro atoms. The summed E-state index contributed by atoms with van der Waals surface area (Å²) in [5.74, 6) is 0.00598. The minimum atomic E-state index is -0.826. The monoisotopic (exact) mass is 545 g/mol. The Morgan fingerprint density at radius 1 is 0.756 bits per heavy atom. The summed E-state index contributed by atoms with van der Waals surface area (Å²) in [6.45, 7) is 2.90. The van der Waals surface area contributed by atoms with Gasteiger partial charge in [0, 0.05) is 66.8 Å². The van der Waals surface area contributed by atoms with Gasteiger partial charge in [-0.2, -0.15) is 0 Å². The number of amides is 2. The molecular weight excluding hydrogens is 510 g/mol. The van der Waals surface area contributed by atoms with E-state index in [1.807, 2.05) is 53.7 Å². The molecule has 1 unspecified atom stereocenters. The predicted octanol–water partition coefficient (Wildman–Crippen LogP) is 4.80. The van der Waals surface area contributed by atoms with Crippen molar-refractivity contribution in [2.75, 3.05) is 19.6 Å². The average molecular weight is 546 g/mol. The van der Waals surface area contributed by atoms with Gasteiger partial charge in [-0.25, -0.2) is 0 Å². The zero-order chi connectivity index (χ0) is 27.8. The maximum Gasteiger partial charge on any atom is 0.246 e. The van der Waals surface area contributed by atoms with Gasteiger partial charge in [-0.3, -0.25) is 14.5 Å². The van der Waals surface area contributed by atoms with E-state index in [1.165, 1.54) is 16.5 Å². The van der Waals surface area contributed by atoms with E-state index in [9.17, 15) is 9.59 Å². The zero-order valence-corrected chi connectivity index (χ0v) is 23.1. The van der Waals surface area contributed by atoms with Crippen molar-refractivity contribution < 1.29 is 9.59 Å². The molecule has 0 saturated carbocycles. The number of carbonyl (C=O) groups is 2. The number of hydrogen-bond acceptors (Lipinski definition) is 3. The maximum atomic E-state index is 14.3. The van der Waals surface area contributed by atoms with E-state index < -0.39 is 11.6 Å². The molecule has 0 bridgehead atoms. The van der Waals surface area contributed by atoms with Crippen molar-refractivity contribution in [3.05, 3.63) is 108 Å². The Balaban J connectivity index is 1.15. The number of piperazine rings is 1. The number of aromatic amines is 2. The highest BCUT2D eigenvalue weighted by molar-refractivity contribution is 6.00. The molecule has 7 rings (SSSR count). The largest absolute Gasteiger partial charge is 0.361 e. The number of carbonyl (C=O) groups excluding carboxylic acids is 2. The van der Waals surface area contributed by atoms with Crippen LogP contribution in [0.1, 0.15) is 29.5 Å². The number of likely N-dealkylation sites (tertiary alicyclic amines) is 1. The molecule has 3 N–H and O–H groups in total. The molecule has 0 aliphatic carbocycles. The van der Waals surface area contributed by atoms with Gasteiger partial charge >= 0.3 is 0 Å². The minimum Gasteiger partial charge on any atom is -0.361 e. The number of nitrogens with zero attached hydrogens (tertiary/aromatic N) is 2. The van der Waals surface area contributed by atoms with Gasteiger partial charge in [0.05, 0.1) is 0 Å². The number of piperidine rings is 1. The molecule has 2 fully saturated rings. The van der Waals surface area contributed by atoms with Crippen molar-refractivity contribution in [2.45, 2.75) is 43.8 Å². The van der Waals surface area contributed by atoms with Crippen LogP contribution in [0.25, 0.3) is 21.8 Å². The van der Waals surface area contributed by atoms with E-state index in [4.69, 9.17) is 0 Å². The van der Waals surface area contributed by atoms with Crippen LogP contribution in [0.4, 0.5) is 0 Å². The number of benzene rings is 3. The van der Waals surface area contributed by atoms with E-state index in [2.05, 4.69) is 62.6 Å². The fraction of sp³-hybridized carbons (Fsp3) is 0.294. The van der Waals surface area contributed by atoms with Crippen molar-refractivity contribution in [3.8, 4) is 0 Å². The van der Waals surface area contributed by atoms with Gasteiger partial charge in [0.1, 0.15) is 11.6 Å². The van der Waals surface area contributed by atoms with Crippen molar-refractivity contribution in [1.29, 1.82) is 0 Å². The molecule has 41 heavy (non-hydrogen) atoms. The Bertz CT molecular complexity index is 1700. The molecule has 0 radical (unpaired) electrons. The van der Waals surface area contributed by atoms with Gasteiger partial charge in [-0.05, 0) is 48.1 Å². The van der Waals surface area contributed by atoms with Gasteiger partial charge in [0.25, 0.3) is 0 Å². The van der Waals surface area contributed by atoms with Crippen LogP contribution in [0.2, 0.25) is 0 Å². The van der Waals surface area contributed by atoms with Crippen LogP contribution in [-0.2, 0) is 29.0 Å². The summed E-state index contributed by atoms with van der Waals surface area (Å²) in [4.78, 5) is 39.3. The van der Waals surface area contributed by atoms with Gasteiger partial charge in [0.2, 0.25) is 11.8 Å². The second-order valence-electron chi connectivity index (χ2n) is 11.5. The standard InChI is InChI=1S/C34H35N5O2/c40-32-31(20-26-22-36-30-13-7-5-11-28(26)30)37-33(41)34(15-18-38(19-16-34)23-24-8-2-1-3-9-24)39(32)17-14-25-21-35-29-12-6-4-10-27(25)29/h1-13,21-22,31,35-36H,14-20,23H2,(H,37,41). The molecule has 5 aromatic rings. The van der Waals surface area contributed by atoms with Gasteiger partial charge in [0.15, 0.2) is 0 Å². The summed E-state index contributed by atoms with van der Waals surface area (Å²) in [5, 5.41) is 5.44. The number of nitrogens with one attached hydrogen (secondary N) is 3. The first-order valence-corrected chi connectivity index (χ1v) is 14.6. The molecule has 1 atom stereocenters. The molecule has 208 valence electrons. The quantitative estimate of drug-likeness (QED) is 0.275. The summed E-state index contributed by atoms with van der Waals surface area (Å²) >= 11 is 0. The molecule has 7 heteroatoms. The Labute approximate surface area is 239 Å². The Kier molecular flexibility index (Phi) is 6.59. The van der Waals surface area contributed by atoms with E-state index in [-0.39, 0.29) is 11.8 Å². The molecule has 2 aliphatic heterocycles. The summed E-state index contributed by atoms with van der Waals surface area (Å²) in [6, 6.07) is 26.2. The summed E-state index contributed by atoms with van der Waals surface area (Å²) in [7, 11) is 0. The van der Waals surface area contributed by atoms with Crippen LogP contribution in [0.15, 0.2) is 91.3 Å². The van der Waals surface area contributed by atoms with Crippen molar-refractivity contribution in [1.82, 2.24) is 25.1 Å². The van der Waals surface area contributed by atoms with E-state index in [0.717, 1.165) is 41.6 Å².